The molecule has 14 nitrogen and oxygen atoms in total. The predicted molar refractivity (Wildman–Crippen MR) is 162 cm³/mol. The van der Waals surface area contributed by atoms with Crippen LogP contribution in [0.25, 0.3) is 0 Å². The number of carbonyl (C=O) groups excluding carboxylic acids is 4. The van der Waals surface area contributed by atoms with Gasteiger partial charge in [-0.2, -0.15) is 0 Å². The summed E-state index contributed by atoms with van der Waals surface area (Å²) in [5.74, 6) is -2.29. The maximum absolute atomic E-state index is 14.2. The van der Waals surface area contributed by atoms with Gasteiger partial charge in [-0.15, -0.1) is 10.1 Å². The first-order valence-electron chi connectivity index (χ1n) is 16.6. The summed E-state index contributed by atoms with van der Waals surface area (Å²) < 4.78 is 23.3. The van der Waals surface area contributed by atoms with E-state index in [1.165, 1.54) is 0 Å². The second-order valence-electron chi connectivity index (χ2n) is 14.0. The molecule has 2 saturated carbocycles. The Balaban J connectivity index is 1.26. The number of aliphatic hydroxyl groups is 1. The molecule has 0 bridgehead atoms. The van der Waals surface area contributed by atoms with E-state index < -0.39 is 76.8 Å². The molecule has 47 heavy (non-hydrogen) atoms. The fourth-order valence-electron chi connectivity index (χ4n) is 9.11. The van der Waals surface area contributed by atoms with Crippen LogP contribution in [-0.2, 0) is 43.0 Å². The first kappa shape index (κ1) is 35.1. The van der Waals surface area contributed by atoms with Crippen molar-refractivity contribution in [2.75, 3.05) is 19.8 Å². The topological polar surface area (TPSA) is 204 Å². The molecule has 0 aromatic rings. The lowest BCUT2D eigenvalue weighted by Gasteiger charge is -2.59. The SMILES string of the molecule is CCCC1O[C@@H]2C[C@H]3[C@@H]4CC=C5CC(=O)C=C[C@]5(C)[C@H]4[C@@H](O)C[C@]3(C)C2(C(=O)COC(=O)CC(N)C(=O)OCCCCO[N+](=O)[O-])O1. The molecule has 4 aliphatic carbocycles. The Labute approximate surface area is 273 Å². The number of carbonyl (C=O) groups is 4. The van der Waals surface area contributed by atoms with Gasteiger partial charge in [0, 0.05) is 23.2 Å². The summed E-state index contributed by atoms with van der Waals surface area (Å²) in [4.78, 5) is 65.8. The molecule has 3 unspecified atom stereocenters. The molecule has 0 aromatic carbocycles. The van der Waals surface area contributed by atoms with Crippen LogP contribution in [0.15, 0.2) is 23.8 Å². The van der Waals surface area contributed by atoms with Crippen molar-refractivity contribution in [2.45, 2.75) is 109 Å². The average molecular weight is 663 g/mol. The highest BCUT2D eigenvalue weighted by atomic mass is 16.9. The molecule has 1 aliphatic heterocycles. The van der Waals surface area contributed by atoms with Gasteiger partial charge in [-0.1, -0.05) is 44.9 Å². The fourth-order valence-corrected chi connectivity index (χ4v) is 9.11. The highest BCUT2D eigenvalue weighted by Gasteiger charge is 2.75. The van der Waals surface area contributed by atoms with E-state index in [4.69, 9.17) is 24.7 Å². The molecule has 10 atom stereocenters. The number of hydrogen-bond acceptors (Lipinski definition) is 13. The molecule has 0 spiro atoms. The van der Waals surface area contributed by atoms with Crippen LogP contribution in [0.4, 0.5) is 0 Å². The quantitative estimate of drug-likeness (QED) is 0.0903. The van der Waals surface area contributed by atoms with E-state index in [0.717, 1.165) is 12.0 Å². The average Bonchev–Trinajstić information content (AvgIpc) is 3.49. The van der Waals surface area contributed by atoms with Crippen LogP contribution in [-0.4, -0.2) is 83.7 Å². The second-order valence-corrected chi connectivity index (χ2v) is 14.0. The van der Waals surface area contributed by atoms with Gasteiger partial charge in [-0.05, 0) is 56.4 Å². The minimum atomic E-state index is -1.45. The number of esters is 2. The van der Waals surface area contributed by atoms with E-state index in [9.17, 15) is 34.4 Å². The first-order chi connectivity index (χ1) is 22.3. The van der Waals surface area contributed by atoms with E-state index in [2.05, 4.69) is 17.8 Å². The van der Waals surface area contributed by atoms with Crippen LogP contribution >= 0.6 is 0 Å². The number of fused-ring (bicyclic) bond motifs is 7. The monoisotopic (exact) mass is 662 g/mol. The number of ether oxygens (including phenoxy) is 4. The van der Waals surface area contributed by atoms with E-state index in [1.54, 1.807) is 6.08 Å². The molecule has 1 heterocycles. The van der Waals surface area contributed by atoms with Crippen molar-refractivity contribution >= 4 is 23.5 Å². The van der Waals surface area contributed by atoms with Gasteiger partial charge in [0.05, 0.1) is 31.8 Å². The molecule has 5 aliphatic rings. The van der Waals surface area contributed by atoms with Gasteiger partial charge in [-0.3, -0.25) is 19.2 Å². The number of rotatable bonds is 14. The Morgan fingerprint density at radius 3 is 2.68 bits per heavy atom. The van der Waals surface area contributed by atoms with Gasteiger partial charge in [0.1, 0.15) is 6.04 Å². The molecular formula is C33H46N2O12. The van der Waals surface area contributed by atoms with Crippen LogP contribution in [0.2, 0.25) is 0 Å². The Morgan fingerprint density at radius 2 is 1.96 bits per heavy atom. The molecule has 0 amide bonds. The van der Waals surface area contributed by atoms with Gasteiger partial charge in [0.2, 0.25) is 5.78 Å². The highest BCUT2D eigenvalue weighted by Crippen LogP contribution is 2.69. The number of Topliss-reactive ketones (excluding diaryl/α,β-unsaturated/α-hetero) is 1. The summed E-state index contributed by atoms with van der Waals surface area (Å²) in [6, 6.07) is -1.33. The second kappa shape index (κ2) is 13.7. The fraction of sp³-hybridized carbons (Fsp3) is 0.758. The zero-order valence-corrected chi connectivity index (χ0v) is 27.2. The summed E-state index contributed by atoms with van der Waals surface area (Å²) in [7, 11) is 0. The van der Waals surface area contributed by atoms with Crippen molar-refractivity contribution in [3.8, 4) is 0 Å². The van der Waals surface area contributed by atoms with Crippen LogP contribution in [0.5, 0.6) is 0 Å². The third kappa shape index (κ3) is 6.36. The number of hydrogen-bond donors (Lipinski definition) is 2. The molecule has 14 heteroatoms. The Kier molecular flexibility index (Phi) is 10.3. The third-order valence-electron chi connectivity index (χ3n) is 11.2. The lowest BCUT2D eigenvalue weighted by molar-refractivity contribution is -0.757. The maximum Gasteiger partial charge on any atom is 0.323 e. The Hall–Kier alpha value is -3.20. The molecule has 1 saturated heterocycles. The van der Waals surface area contributed by atoms with E-state index in [1.807, 2.05) is 19.9 Å². The highest BCUT2D eigenvalue weighted by molar-refractivity contribution is 5.94. The summed E-state index contributed by atoms with van der Waals surface area (Å²) in [5.41, 5.74) is 4.12. The number of unbranched alkanes of at least 4 members (excludes halogenated alkanes) is 1. The number of aliphatic hydroxyl groups excluding tert-OH is 1. The van der Waals surface area contributed by atoms with Gasteiger partial charge in [-0.25, -0.2) is 0 Å². The summed E-state index contributed by atoms with van der Waals surface area (Å²) in [6.07, 6.45) is 6.93. The van der Waals surface area contributed by atoms with Crippen LogP contribution in [0, 0.1) is 38.7 Å². The standard InChI is InChI=1S/C33H46N2O12/c1-4-7-28-46-26-15-22-21-9-8-19-14-20(36)10-11-31(19,2)29(21)24(37)17-32(22,3)33(26,47-28)25(38)18-44-27(39)16-23(34)30(40)43-12-5-6-13-45-35(41)42/h8,10-11,21-24,26,28-29,37H,4-7,9,12-18,34H2,1-3H3/t21-,22-,23?,24-,26+,28?,29+,31-,32-,33?/m0/s1. The minimum Gasteiger partial charge on any atom is -0.465 e. The van der Waals surface area contributed by atoms with E-state index in [-0.39, 0.29) is 49.6 Å². The number of ketones is 2. The van der Waals surface area contributed by atoms with Gasteiger partial charge in [0.25, 0.3) is 5.09 Å². The van der Waals surface area contributed by atoms with Gasteiger partial charge >= 0.3 is 11.9 Å². The summed E-state index contributed by atoms with van der Waals surface area (Å²) in [6.45, 7) is 5.24. The first-order valence-corrected chi connectivity index (χ1v) is 16.6. The van der Waals surface area contributed by atoms with Crippen LogP contribution in [0.3, 0.4) is 0 Å². The van der Waals surface area contributed by atoms with Crippen LogP contribution < -0.4 is 5.73 Å². The Morgan fingerprint density at radius 1 is 1.21 bits per heavy atom. The number of nitrogens with two attached hydrogens (primary N) is 1. The van der Waals surface area contributed by atoms with Crippen molar-refractivity contribution < 1.29 is 53.2 Å². The van der Waals surface area contributed by atoms with Crippen molar-refractivity contribution in [3.63, 3.8) is 0 Å². The van der Waals surface area contributed by atoms with Crippen molar-refractivity contribution in [2.24, 2.45) is 34.3 Å². The molecule has 0 aromatic heterocycles. The molecular weight excluding hydrogens is 616 g/mol. The zero-order valence-electron chi connectivity index (χ0n) is 27.2. The van der Waals surface area contributed by atoms with Crippen molar-refractivity contribution in [3.05, 3.63) is 33.9 Å². The minimum absolute atomic E-state index is 0.00889. The Bertz CT molecular complexity index is 1330. The molecule has 260 valence electrons. The lowest BCUT2D eigenvalue weighted by atomic mass is 9.47. The zero-order chi connectivity index (χ0) is 34.1. The largest absolute Gasteiger partial charge is 0.465 e. The van der Waals surface area contributed by atoms with E-state index in [0.29, 0.717) is 32.1 Å². The molecule has 3 N–H and O–H groups in total. The smallest absolute Gasteiger partial charge is 0.323 e. The summed E-state index contributed by atoms with van der Waals surface area (Å²) >= 11 is 0. The van der Waals surface area contributed by atoms with Crippen LogP contribution in [0.1, 0.15) is 78.6 Å². The third-order valence-corrected chi connectivity index (χ3v) is 11.2. The maximum atomic E-state index is 14.2. The van der Waals surface area contributed by atoms with Crippen molar-refractivity contribution in [1.82, 2.24) is 0 Å². The van der Waals surface area contributed by atoms with Gasteiger partial charge < -0.3 is 34.6 Å². The predicted octanol–water partition coefficient (Wildman–Crippen LogP) is 2.52. The number of nitrogens with zero attached hydrogens (tertiary/aromatic N) is 1. The lowest BCUT2D eigenvalue weighted by Crippen LogP contribution is -2.63. The van der Waals surface area contributed by atoms with Crippen molar-refractivity contribution in [1.29, 1.82) is 0 Å². The normalized spacial score (nSPS) is 37.5. The van der Waals surface area contributed by atoms with E-state index >= 15 is 0 Å². The molecule has 3 fully saturated rings. The summed E-state index contributed by atoms with van der Waals surface area (Å²) in [5, 5.41) is 21.1. The molecule has 0 radical (unpaired) electrons. The molecule has 5 rings (SSSR count). The van der Waals surface area contributed by atoms with Gasteiger partial charge in [0.15, 0.2) is 24.3 Å². The number of allylic oxidation sites excluding steroid dienone is 4.